The molecule has 1 aromatic rings. The van der Waals surface area contributed by atoms with E-state index in [0.29, 0.717) is 19.2 Å². The van der Waals surface area contributed by atoms with Crippen molar-refractivity contribution in [3.63, 3.8) is 0 Å². The molecule has 128 valence electrons. The zero-order chi connectivity index (χ0) is 16.7. The lowest BCUT2D eigenvalue weighted by molar-refractivity contribution is 0.0523. The van der Waals surface area contributed by atoms with Crippen LogP contribution in [0.3, 0.4) is 0 Å². The van der Waals surface area contributed by atoms with E-state index in [4.69, 9.17) is 9.47 Å². The molecule has 0 unspecified atom stereocenters. The fraction of sp³-hybridized carbons (Fsp3) is 0.647. The van der Waals surface area contributed by atoms with Gasteiger partial charge >= 0.3 is 5.97 Å². The lowest BCUT2D eigenvalue weighted by Crippen LogP contribution is -2.29. The van der Waals surface area contributed by atoms with E-state index in [1.54, 1.807) is 19.3 Å². The summed E-state index contributed by atoms with van der Waals surface area (Å²) in [6, 6.07) is 0.357. The summed E-state index contributed by atoms with van der Waals surface area (Å²) in [6.45, 7) is 6.21. The van der Waals surface area contributed by atoms with Crippen LogP contribution in [0.4, 0.5) is 0 Å². The number of ether oxygens (including phenoxy) is 2. The standard InChI is InChI=1S/C17H26N2O4/c1-3-5-9-23-15-12-19(10-13-7-6-8-18-13)11-14(16(15)20)17(21)22-4-2/h11-13,18H,3-10H2,1-2H3/t13-/m0/s1. The number of aromatic nitrogens is 1. The Morgan fingerprint density at radius 2 is 2.22 bits per heavy atom. The van der Waals surface area contributed by atoms with E-state index in [-0.39, 0.29) is 17.9 Å². The van der Waals surface area contributed by atoms with Gasteiger partial charge in [0.2, 0.25) is 5.43 Å². The third kappa shape index (κ3) is 4.82. The summed E-state index contributed by atoms with van der Waals surface area (Å²) in [4.78, 5) is 24.4. The topological polar surface area (TPSA) is 69.6 Å². The summed E-state index contributed by atoms with van der Waals surface area (Å²) >= 11 is 0. The number of nitrogens with one attached hydrogen (secondary N) is 1. The maximum absolute atomic E-state index is 12.4. The first-order valence-electron chi connectivity index (χ1n) is 8.43. The van der Waals surface area contributed by atoms with Crippen molar-refractivity contribution in [2.75, 3.05) is 19.8 Å². The van der Waals surface area contributed by atoms with E-state index in [0.717, 1.165) is 32.2 Å². The molecule has 0 aliphatic carbocycles. The number of unbranched alkanes of at least 4 members (excludes halogenated alkanes) is 1. The number of pyridine rings is 1. The molecule has 23 heavy (non-hydrogen) atoms. The average Bonchev–Trinajstić information content (AvgIpc) is 3.03. The molecule has 0 saturated carbocycles. The normalized spacial score (nSPS) is 17.2. The molecular weight excluding hydrogens is 296 g/mol. The van der Waals surface area contributed by atoms with Crippen LogP contribution in [0.2, 0.25) is 0 Å². The molecule has 0 spiro atoms. The van der Waals surface area contributed by atoms with Crippen molar-refractivity contribution in [3.8, 4) is 5.75 Å². The van der Waals surface area contributed by atoms with Crippen molar-refractivity contribution in [1.29, 1.82) is 0 Å². The van der Waals surface area contributed by atoms with Gasteiger partial charge in [-0.3, -0.25) is 4.79 Å². The number of carbonyl (C=O) groups excluding carboxylic acids is 1. The van der Waals surface area contributed by atoms with Crippen molar-refractivity contribution >= 4 is 5.97 Å². The minimum absolute atomic E-state index is 0.0406. The molecular formula is C17H26N2O4. The van der Waals surface area contributed by atoms with Crippen LogP contribution in [0.25, 0.3) is 0 Å². The highest BCUT2D eigenvalue weighted by Crippen LogP contribution is 2.12. The molecule has 2 heterocycles. The Balaban J connectivity index is 2.25. The molecule has 0 amide bonds. The van der Waals surface area contributed by atoms with Crippen molar-refractivity contribution in [2.45, 2.75) is 52.1 Å². The smallest absolute Gasteiger partial charge is 0.343 e. The minimum Gasteiger partial charge on any atom is -0.488 e. The highest BCUT2D eigenvalue weighted by Gasteiger charge is 2.19. The first-order chi connectivity index (χ1) is 11.2. The van der Waals surface area contributed by atoms with E-state index in [2.05, 4.69) is 12.2 Å². The lowest BCUT2D eigenvalue weighted by Gasteiger charge is -2.16. The maximum Gasteiger partial charge on any atom is 0.343 e. The van der Waals surface area contributed by atoms with Gasteiger partial charge in [0.05, 0.1) is 19.4 Å². The van der Waals surface area contributed by atoms with Crippen molar-refractivity contribution in [2.24, 2.45) is 0 Å². The Kier molecular flexibility index (Phi) is 6.65. The number of hydrogen-bond donors (Lipinski definition) is 1. The van der Waals surface area contributed by atoms with Gasteiger partial charge in [0.1, 0.15) is 5.56 Å². The first-order valence-corrected chi connectivity index (χ1v) is 8.43. The quantitative estimate of drug-likeness (QED) is 0.585. The minimum atomic E-state index is -0.591. The molecule has 0 bridgehead atoms. The largest absolute Gasteiger partial charge is 0.488 e. The molecule has 0 radical (unpaired) electrons. The van der Waals surface area contributed by atoms with Crippen LogP contribution in [0.1, 0.15) is 49.9 Å². The summed E-state index contributed by atoms with van der Waals surface area (Å²) in [6.07, 6.45) is 7.36. The van der Waals surface area contributed by atoms with E-state index < -0.39 is 11.4 Å². The van der Waals surface area contributed by atoms with Gasteiger partial charge in [0, 0.05) is 18.8 Å². The number of esters is 1. The van der Waals surface area contributed by atoms with Gasteiger partial charge in [0.15, 0.2) is 5.75 Å². The van der Waals surface area contributed by atoms with Gasteiger partial charge in [-0.2, -0.15) is 0 Å². The van der Waals surface area contributed by atoms with E-state index in [1.807, 2.05) is 4.57 Å². The summed E-state index contributed by atoms with van der Waals surface area (Å²) in [5, 5.41) is 3.41. The fourth-order valence-corrected chi connectivity index (χ4v) is 2.66. The van der Waals surface area contributed by atoms with Crippen LogP contribution in [0.5, 0.6) is 5.75 Å². The fourth-order valence-electron chi connectivity index (χ4n) is 2.66. The Morgan fingerprint density at radius 3 is 2.87 bits per heavy atom. The molecule has 1 atom stereocenters. The van der Waals surface area contributed by atoms with Gasteiger partial charge in [-0.1, -0.05) is 13.3 Å². The Bertz CT molecular complexity index is 576. The second-order valence-corrected chi connectivity index (χ2v) is 5.78. The summed E-state index contributed by atoms with van der Waals surface area (Å²) < 4.78 is 12.4. The lowest BCUT2D eigenvalue weighted by atomic mass is 10.2. The number of rotatable bonds is 8. The SMILES string of the molecule is CCCCOc1cn(C[C@@H]2CCCN2)cc(C(=O)OCC)c1=O. The summed E-state index contributed by atoms with van der Waals surface area (Å²) in [5.74, 6) is -0.367. The molecule has 1 aromatic heterocycles. The molecule has 2 rings (SSSR count). The van der Waals surface area contributed by atoms with Crippen LogP contribution >= 0.6 is 0 Å². The van der Waals surface area contributed by atoms with Gasteiger partial charge in [-0.05, 0) is 32.7 Å². The number of carbonyl (C=O) groups is 1. The highest BCUT2D eigenvalue weighted by molar-refractivity contribution is 5.89. The predicted octanol–water partition coefficient (Wildman–Crippen LogP) is 1.96. The Hall–Kier alpha value is -1.82. The molecule has 1 N–H and O–H groups in total. The van der Waals surface area contributed by atoms with E-state index in [9.17, 15) is 9.59 Å². The second-order valence-electron chi connectivity index (χ2n) is 5.78. The van der Waals surface area contributed by atoms with Crippen LogP contribution in [0.15, 0.2) is 17.2 Å². The van der Waals surface area contributed by atoms with Crippen LogP contribution in [-0.2, 0) is 11.3 Å². The first kappa shape index (κ1) is 17.5. The Morgan fingerprint density at radius 1 is 1.39 bits per heavy atom. The molecule has 1 aliphatic rings. The van der Waals surface area contributed by atoms with Crippen molar-refractivity contribution < 1.29 is 14.3 Å². The predicted molar refractivity (Wildman–Crippen MR) is 88.1 cm³/mol. The van der Waals surface area contributed by atoms with E-state index >= 15 is 0 Å². The highest BCUT2D eigenvalue weighted by atomic mass is 16.5. The summed E-state index contributed by atoms with van der Waals surface area (Å²) in [5.41, 5.74) is -0.353. The molecule has 1 fully saturated rings. The second kappa shape index (κ2) is 8.72. The summed E-state index contributed by atoms with van der Waals surface area (Å²) in [7, 11) is 0. The van der Waals surface area contributed by atoms with Crippen LogP contribution in [0, 0.1) is 0 Å². The number of nitrogens with zero attached hydrogens (tertiary/aromatic N) is 1. The molecule has 1 aliphatic heterocycles. The van der Waals surface area contributed by atoms with Crippen LogP contribution in [-0.4, -0.2) is 36.3 Å². The monoisotopic (exact) mass is 322 g/mol. The molecule has 0 aromatic carbocycles. The maximum atomic E-state index is 12.4. The van der Waals surface area contributed by atoms with Crippen LogP contribution < -0.4 is 15.5 Å². The zero-order valence-electron chi connectivity index (χ0n) is 14.0. The average molecular weight is 322 g/mol. The van der Waals surface area contributed by atoms with Gasteiger partial charge in [-0.25, -0.2) is 4.79 Å². The van der Waals surface area contributed by atoms with E-state index in [1.165, 1.54) is 0 Å². The third-order valence-corrected chi connectivity index (χ3v) is 3.89. The Labute approximate surface area is 136 Å². The van der Waals surface area contributed by atoms with Gasteiger partial charge < -0.3 is 19.4 Å². The van der Waals surface area contributed by atoms with Gasteiger partial charge in [-0.15, -0.1) is 0 Å². The third-order valence-electron chi connectivity index (χ3n) is 3.89. The zero-order valence-corrected chi connectivity index (χ0v) is 14.0. The molecule has 6 nitrogen and oxygen atoms in total. The molecule has 1 saturated heterocycles. The van der Waals surface area contributed by atoms with Crippen molar-refractivity contribution in [1.82, 2.24) is 9.88 Å². The van der Waals surface area contributed by atoms with Crippen molar-refractivity contribution in [3.05, 3.63) is 28.2 Å². The number of hydrogen-bond acceptors (Lipinski definition) is 5. The van der Waals surface area contributed by atoms with Gasteiger partial charge in [0.25, 0.3) is 0 Å². The molecule has 6 heteroatoms.